The monoisotopic (exact) mass is 267 g/mol. The lowest BCUT2D eigenvalue weighted by Gasteiger charge is -2.03. The largest absolute Gasteiger partial charge is 0.508 e. The smallest absolute Gasteiger partial charge is 0.221 e. The van der Waals surface area contributed by atoms with Crippen molar-refractivity contribution in [1.29, 1.82) is 0 Å². The standard InChI is InChI=1S/C16H13NO3/c1-11(18)17-14-8-13(9-16(20)10-14)3-2-12-4-6-15(19)7-5-12/h4-10,19-20H,1H3,(H,17,18). The van der Waals surface area contributed by atoms with Crippen molar-refractivity contribution in [2.75, 3.05) is 5.32 Å². The van der Waals surface area contributed by atoms with Gasteiger partial charge in [0.25, 0.3) is 0 Å². The molecule has 0 atom stereocenters. The van der Waals surface area contributed by atoms with Crippen LogP contribution in [0.15, 0.2) is 42.5 Å². The lowest BCUT2D eigenvalue weighted by molar-refractivity contribution is -0.114. The van der Waals surface area contributed by atoms with E-state index in [-0.39, 0.29) is 17.4 Å². The van der Waals surface area contributed by atoms with E-state index >= 15 is 0 Å². The van der Waals surface area contributed by atoms with Crippen molar-refractivity contribution in [3.8, 4) is 23.3 Å². The number of anilines is 1. The molecule has 0 heterocycles. The van der Waals surface area contributed by atoms with Crippen LogP contribution in [0.25, 0.3) is 0 Å². The van der Waals surface area contributed by atoms with Crippen molar-refractivity contribution >= 4 is 11.6 Å². The molecule has 0 spiro atoms. The molecule has 3 N–H and O–H groups in total. The van der Waals surface area contributed by atoms with E-state index in [0.29, 0.717) is 11.3 Å². The first-order valence-corrected chi connectivity index (χ1v) is 5.95. The highest BCUT2D eigenvalue weighted by atomic mass is 16.3. The van der Waals surface area contributed by atoms with E-state index in [2.05, 4.69) is 17.2 Å². The van der Waals surface area contributed by atoms with Crippen LogP contribution in [0.1, 0.15) is 18.1 Å². The third kappa shape index (κ3) is 3.79. The van der Waals surface area contributed by atoms with Crippen molar-refractivity contribution in [2.24, 2.45) is 0 Å². The fourth-order valence-electron chi connectivity index (χ4n) is 1.65. The first kappa shape index (κ1) is 13.5. The van der Waals surface area contributed by atoms with Crippen molar-refractivity contribution in [2.45, 2.75) is 6.92 Å². The highest BCUT2D eigenvalue weighted by Crippen LogP contribution is 2.19. The molecule has 0 aromatic heterocycles. The molecule has 0 aliphatic rings. The third-order valence-corrected chi connectivity index (χ3v) is 2.46. The van der Waals surface area contributed by atoms with Gasteiger partial charge in [0.2, 0.25) is 5.91 Å². The number of phenols is 2. The average molecular weight is 267 g/mol. The van der Waals surface area contributed by atoms with E-state index in [1.807, 2.05) is 0 Å². The lowest BCUT2D eigenvalue weighted by atomic mass is 10.1. The molecule has 2 aromatic rings. The van der Waals surface area contributed by atoms with Gasteiger partial charge < -0.3 is 15.5 Å². The number of carbonyl (C=O) groups is 1. The van der Waals surface area contributed by atoms with Crippen LogP contribution < -0.4 is 5.32 Å². The van der Waals surface area contributed by atoms with E-state index < -0.39 is 0 Å². The minimum Gasteiger partial charge on any atom is -0.508 e. The predicted octanol–water partition coefficient (Wildman–Crippen LogP) is 2.46. The van der Waals surface area contributed by atoms with E-state index in [4.69, 9.17) is 0 Å². The molecule has 4 heteroatoms. The van der Waals surface area contributed by atoms with E-state index in [9.17, 15) is 15.0 Å². The Labute approximate surface area is 116 Å². The van der Waals surface area contributed by atoms with Crippen molar-refractivity contribution in [1.82, 2.24) is 0 Å². The second-order valence-electron chi connectivity index (χ2n) is 4.25. The summed E-state index contributed by atoms with van der Waals surface area (Å²) in [5, 5.41) is 21.4. The average Bonchev–Trinajstić information content (AvgIpc) is 2.36. The van der Waals surface area contributed by atoms with Gasteiger partial charge >= 0.3 is 0 Å². The zero-order chi connectivity index (χ0) is 14.5. The van der Waals surface area contributed by atoms with E-state index in [0.717, 1.165) is 5.56 Å². The highest BCUT2D eigenvalue weighted by molar-refractivity contribution is 5.89. The maximum Gasteiger partial charge on any atom is 0.221 e. The zero-order valence-electron chi connectivity index (χ0n) is 10.8. The Morgan fingerprint density at radius 1 is 0.950 bits per heavy atom. The molecule has 0 saturated carbocycles. The molecule has 0 fully saturated rings. The Morgan fingerprint density at radius 2 is 1.60 bits per heavy atom. The fraction of sp³-hybridized carbons (Fsp3) is 0.0625. The van der Waals surface area contributed by atoms with Crippen LogP contribution in [0.2, 0.25) is 0 Å². The Balaban J connectivity index is 2.27. The highest BCUT2D eigenvalue weighted by Gasteiger charge is 2.00. The summed E-state index contributed by atoms with van der Waals surface area (Å²) >= 11 is 0. The predicted molar refractivity (Wildman–Crippen MR) is 76.5 cm³/mol. The van der Waals surface area contributed by atoms with Crippen LogP contribution >= 0.6 is 0 Å². The number of aromatic hydroxyl groups is 2. The van der Waals surface area contributed by atoms with Gasteiger partial charge in [-0.3, -0.25) is 4.79 Å². The van der Waals surface area contributed by atoms with Gasteiger partial charge in [-0.15, -0.1) is 0 Å². The minimum atomic E-state index is -0.215. The number of hydrogen-bond donors (Lipinski definition) is 3. The van der Waals surface area contributed by atoms with Crippen LogP contribution in [0.3, 0.4) is 0 Å². The Kier molecular flexibility index (Phi) is 3.92. The van der Waals surface area contributed by atoms with Gasteiger partial charge in [-0.25, -0.2) is 0 Å². The lowest BCUT2D eigenvalue weighted by Crippen LogP contribution is -2.05. The molecule has 0 saturated heterocycles. The molecule has 0 radical (unpaired) electrons. The molecule has 20 heavy (non-hydrogen) atoms. The number of benzene rings is 2. The second kappa shape index (κ2) is 5.81. The molecule has 4 nitrogen and oxygen atoms in total. The number of nitrogens with one attached hydrogen (secondary N) is 1. The molecule has 1 amide bonds. The maximum atomic E-state index is 11.0. The summed E-state index contributed by atoms with van der Waals surface area (Å²) in [5.41, 5.74) is 1.82. The first-order chi connectivity index (χ1) is 9.52. The van der Waals surface area contributed by atoms with Crippen LogP contribution in [0.5, 0.6) is 11.5 Å². The van der Waals surface area contributed by atoms with Gasteiger partial charge in [0.1, 0.15) is 11.5 Å². The molecule has 2 rings (SSSR count). The van der Waals surface area contributed by atoms with Crippen LogP contribution in [0, 0.1) is 11.8 Å². The molecule has 2 aromatic carbocycles. The Bertz CT molecular complexity index is 694. The summed E-state index contributed by atoms with van der Waals surface area (Å²) in [6.45, 7) is 1.39. The summed E-state index contributed by atoms with van der Waals surface area (Å²) in [6.07, 6.45) is 0. The summed E-state index contributed by atoms with van der Waals surface area (Å²) in [7, 11) is 0. The summed E-state index contributed by atoms with van der Waals surface area (Å²) in [6, 6.07) is 11.1. The molecule has 0 bridgehead atoms. The number of hydrogen-bond acceptors (Lipinski definition) is 3. The van der Waals surface area contributed by atoms with Crippen molar-refractivity contribution in [3.63, 3.8) is 0 Å². The Hall–Kier alpha value is -2.93. The molecule has 100 valence electrons. The number of rotatable bonds is 1. The van der Waals surface area contributed by atoms with E-state index in [1.54, 1.807) is 30.3 Å². The number of carbonyl (C=O) groups excluding carboxylic acids is 1. The SMILES string of the molecule is CC(=O)Nc1cc(O)cc(C#Cc2ccc(O)cc2)c1. The van der Waals surface area contributed by atoms with Crippen LogP contribution in [-0.2, 0) is 4.79 Å². The zero-order valence-corrected chi connectivity index (χ0v) is 10.8. The second-order valence-corrected chi connectivity index (χ2v) is 4.25. The minimum absolute atomic E-state index is 0.0336. The number of phenolic OH excluding ortho intramolecular Hbond substituents is 2. The Morgan fingerprint density at radius 3 is 2.25 bits per heavy atom. The normalized spacial score (nSPS) is 9.45. The number of amides is 1. The fourth-order valence-corrected chi connectivity index (χ4v) is 1.65. The molecule has 0 unspecified atom stereocenters. The summed E-state index contributed by atoms with van der Waals surface area (Å²) in [5.74, 6) is 5.80. The summed E-state index contributed by atoms with van der Waals surface area (Å²) in [4.78, 5) is 11.0. The van der Waals surface area contributed by atoms with Crippen LogP contribution in [0.4, 0.5) is 5.69 Å². The van der Waals surface area contributed by atoms with Gasteiger partial charge in [0, 0.05) is 29.8 Å². The van der Waals surface area contributed by atoms with Gasteiger partial charge in [-0.1, -0.05) is 11.8 Å². The van der Waals surface area contributed by atoms with Crippen LogP contribution in [-0.4, -0.2) is 16.1 Å². The quantitative estimate of drug-likeness (QED) is 0.695. The van der Waals surface area contributed by atoms with Gasteiger partial charge in [0.15, 0.2) is 0 Å². The molecule has 0 aliphatic heterocycles. The third-order valence-electron chi connectivity index (χ3n) is 2.46. The van der Waals surface area contributed by atoms with Crippen molar-refractivity contribution < 1.29 is 15.0 Å². The molecule has 0 aliphatic carbocycles. The molecular formula is C16H13NO3. The first-order valence-electron chi connectivity index (χ1n) is 5.95. The van der Waals surface area contributed by atoms with Gasteiger partial charge in [-0.2, -0.15) is 0 Å². The summed E-state index contributed by atoms with van der Waals surface area (Å²) < 4.78 is 0. The van der Waals surface area contributed by atoms with Gasteiger partial charge in [0.05, 0.1) is 0 Å². The van der Waals surface area contributed by atoms with Gasteiger partial charge in [-0.05, 0) is 36.4 Å². The maximum absolute atomic E-state index is 11.0. The molecular weight excluding hydrogens is 254 g/mol. The van der Waals surface area contributed by atoms with Crippen molar-refractivity contribution in [3.05, 3.63) is 53.6 Å². The topological polar surface area (TPSA) is 69.6 Å². The van der Waals surface area contributed by atoms with E-state index in [1.165, 1.54) is 19.1 Å².